The Morgan fingerprint density at radius 2 is 2.15 bits per heavy atom. The second-order valence-electron chi connectivity index (χ2n) is 4.97. The van der Waals surface area contributed by atoms with E-state index < -0.39 is 0 Å². The molecule has 0 N–H and O–H groups in total. The summed E-state index contributed by atoms with van der Waals surface area (Å²) in [5.74, 6) is 1.67. The number of imidazole rings is 1. The number of rotatable bonds is 4. The molecule has 0 amide bonds. The zero-order chi connectivity index (χ0) is 14.1. The Labute approximate surface area is 128 Å². The summed E-state index contributed by atoms with van der Waals surface area (Å²) in [5, 5.41) is 2.12. The number of nitrogens with zero attached hydrogens (tertiary/aromatic N) is 2. The van der Waals surface area contributed by atoms with Crippen LogP contribution in [0.2, 0.25) is 0 Å². The van der Waals surface area contributed by atoms with Crippen molar-refractivity contribution in [3.8, 4) is 0 Å². The van der Waals surface area contributed by atoms with Gasteiger partial charge in [-0.25, -0.2) is 4.98 Å². The maximum absolute atomic E-state index is 5.95. The summed E-state index contributed by atoms with van der Waals surface area (Å²) < 4.78 is 2.35. The molecule has 0 spiro atoms. The van der Waals surface area contributed by atoms with Crippen molar-refractivity contribution in [1.82, 2.24) is 9.55 Å². The van der Waals surface area contributed by atoms with Crippen LogP contribution in [0.3, 0.4) is 0 Å². The summed E-state index contributed by atoms with van der Waals surface area (Å²) in [6.45, 7) is 4.38. The van der Waals surface area contributed by atoms with Gasteiger partial charge in [0, 0.05) is 17.2 Å². The summed E-state index contributed by atoms with van der Waals surface area (Å²) in [5.41, 5.74) is 3.56. The van der Waals surface area contributed by atoms with E-state index in [1.54, 1.807) is 11.3 Å². The quantitative estimate of drug-likeness (QED) is 0.633. The molecule has 2 heterocycles. The summed E-state index contributed by atoms with van der Waals surface area (Å²) in [6, 6.07) is 10.9. The van der Waals surface area contributed by atoms with Gasteiger partial charge < -0.3 is 4.57 Å². The van der Waals surface area contributed by atoms with Gasteiger partial charge in [-0.05, 0) is 36.9 Å². The van der Waals surface area contributed by atoms with Crippen LogP contribution in [-0.2, 0) is 6.42 Å². The first-order chi connectivity index (χ1) is 9.72. The largest absolute Gasteiger partial charge is 0.320 e. The van der Waals surface area contributed by atoms with Crippen molar-refractivity contribution < 1.29 is 0 Å². The molecule has 0 fully saturated rings. The molecule has 0 aliphatic carbocycles. The lowest BCUT2D eigenvalue weighted by Gasteiger charge is -2.17. The number of para-hydroxylation sites is 1. The molecular weight excluding hydrogens is 288 g/mol. The van der Waals surface area contributed by atoms with Gasteiger partial charge in [0.25, 0.3) is 0 Å². The Balaban J connectivity index is 2.23. The summed E-state index contributed by atoms with van der Waals surface area (Å²) in [6.07, 6.45) is 0.797. The monoisotopic (exact) mass is 304 g/mol. The molecule has 3 aromatic rings. The number of benzene rings is 1. The van der Waals surface area contributed by atoms with Crippen molar-refractivity contribution in [3.63, 3.8) is 0 Å². The normalized spacial score (nSPS) is 12.9. The van der Waals surface area contributed by atoms with E-state index >= 15 is 0 Å². The van der Waals surface area contributed by atoms with E-state index in [1.807, 2.05) is 0 Å². The molecule has 4 heteroatoms. The molecule has 20 heavy (non-hydrogen) atoms. The van der Waals surface area contributed by atoms with Crippen LogP contribution in [0.4, 0.5) is 0 Å². The van der Waals surface area contributed by atoms with Gasteiger partial charge in [-0.3, -0.25) is 0 Å². The van der Waals surface area contributed by atoms with Gasteiger partial charge in [-0.1, -0.05) is 18.2 Å². The van der Waals surface area contributed by atoms with Crippen molar-refractivity contribution in [1.29, 1.82) is 0 Å². The maximum atomic E-state index is 5.95. The highest BCUT2D eigenvalue weighted by molar-refractivity contribution is 7.10. The van der Waals surface area contributed by atoms with E-state index in [-0.39, 0.29) is 0 Å². The van der Waals surface area contributed by atoms with E-state index in [1.165, 1.54) is 16.0 Å². The standard InChI is InChI=1S/C16H17ClN2S/c1-11-5-3-6-13-16(11)19(15(18-13)8-9-17)12(2)14-7-4-10-20-14/h3-7,10,12H,8-9H2,1-2H3. The molecule has 0 saturated carbocycles. The fourth-order valence-electron chi connectivity index (χ4n) is 2.70. The summed E-state index contributed by atoms with van der Waals surface area (Å²) in [7, 11) is 0. The molecule has 0 aliphatic rings. The summed E-state index contributed by atoms with van der Waals surface area (Å²) in [4.78, 5) is 6.13. The molecule has 2 aromatic heterocycles. The first kappa shape index (κ1) is 13.7. The topological polar surface area (TPSA) is 17.8 Å². The average molecular weight is 305 g/mol. The number of thiophene rings is 1. The molecule has 1 unspecified atom stereocenters. The van der Waals surface area contributed by atoms with Gasteiger partial charge in [0.1, 0.15) is 5.82 Å². The smallest absolute Gasteiger partial charge is 0.111 e. The molecule has 0 bridgehead atoms. The minimum atomic E-state index is 0.291. The van der Waals surface area contributed by atoms with E-state index in [9.17, 15) is 0 Å². The Bertz CT molecular complexity index is 715. The van der Waals surface area contributed by atoms with Crippen LogP contribution in [-0.4, -0.2) is 15.4 Å². The lowest BCUT2D eigenvalue weighted by atomic mass is 10.2. The summed E-state index contributed by atoms with van der Waals surface area (Å²) >= 11 is 7.74. The minimum Gasteiger partial charge on any atom is -0.320 e. The second kappa shape index (κ2) is 5.58. The highest BCUT2D eigenvalue weighted by atomic mass is 35.5. The number of hydrogen-bond donors (Lipinski definition) is 0. The predicted molar refractivity (Wildman–Crippen MR) is 87.0 cm³/mol. The van der Waals surface area contributed by atoms with Gasteiger partial charge in [-0.2, -0.15) is 0 Å². The van der Waals surface area contributed by atoms with Gasteiger partial charge in [0.2, 0.25) is 0 Å². The first-order valence-corrected chi connectivity index (χ1v) is 8.19. The van der Waals surface area contributed by atoms with Gasteiger partial charge in [0.05, 0.1) is 17.1 Å². The third-order valence-electron chi connectivity index (χ3n) is 3.65. The molecular formula is C16H17ClN2S. The van der Waals surface area contributed by atoms with Gasteiger partial charge >= 0.3 is 0 Å². The molecule has 3 rings (SSSR count). The number of fused-ring (bicyclic) bond motifs is 1. The Kier molecular flexibility index (Phi) is 3.81. The van der Waals surface area contributed by atoms with Crippen molar-refractivity contribution in [2.45, 2.75) is 26.3 Å². The molecule has 1 atom stereocenters. The third kappa shape index (κ3) is 2.25. The van der Waals surface area contributed by atoms with Crippen molar-refractivity contribution >= 4 is 34.0 Å². The van der Waals surface area contributed by atoms with Crippen LogP contribution in [0.25, 0.3) is 11.0 Å². The highest BCUT2D eigenvalue weighted by Gasteiger charge is 2.18. The predicted octanol–water partition coefficient (Wildman–Crippen LogP) is 4.80. The number of halogens is 1. The Morgan fingerprint density at radius 3 is 2.85 bits per heavy atom. The number of aromatic nitrogens is 2. The maximum Gasteiger partial charge on any atom is 0.111 e. The van der Waals surface area contributed by atoms with Crippen LogP contribution in [0.15, 0.2) is 35.7 Å². The lowest BCUT2D eigenvalue weighted by Crippen LogP contribution is -2.10. The fraction of sp³-hybridized carbons (Fsp3) is 0.312. The highest BCUT2D eigenvalue weighted by Crippen LogP contribution is 2.30. The van der Waals surface area contributed by atoms with E-state index in [2.05, 4.69) is 54.1 Å². The number of aryl methyl sites for hydroxylation is 2. The molecule has 0 saturated heterocycles. The zero-order valence-electron chi connectivity index (χ0n) is 11.6. The SMILES string of the molecule is Cc1cccc2nc(CCCl)n(C(C)c3cccs3)c12. The Morgan fingerprint density at radius 1 is 1.30 bits per heavy atom. The van der Waals surface area contributed by atoms with Gasteiger partial charge in [-0.15, -0.1) is 22.9 Å². The first-order valence-electron chi connectivity index (χ1n) is 6.78. The lowest BCUT2D eigenvalue weighted by molar-refractivity contribution is 0.632. The van der Waals surface area contributed by atoms with E-state index in [4.69, 9.17) is 16.6 Å². The molecule has 1 aromatic carbocycles. The van der Waals surface area contributed by atoms with Crippen LogP contribution >= 0.6 is 22.9 Å². The van der Waals surface area contributed by atoms with Crippen molar-refractivity contribution in [2.75, 3.05) is 5.88 Å². The van der Waals surface area contributed by atoms with Crippen molar-refractivity contribution in [2.24, 2.45) is 0 Å². The third-order valence-corrected chi connectivity index (χ3v) is 4.88. The van der Waals surface area contributed by atoms with Crippen LogP contribution < -0.4 is 0 Å². The van der Waals surface area contributed by atoms with Gasteiger partial charge in [0.15, 0.2) is 0 Å². The van der Waals surface area contributed by atoms with Crippen molar-refractivity contribution in [3.05, 3.63) is 52.0 Å². The average Bonchev–Trinajstić information content (AvgIpc) is 3.06. The fourth-order valence-corrected chi connectivity index (χ4v) is 3.65. The molecule has 0 radical (unpaired) electrons. The molecule has 104 valence electrons. The second-order valence-corrected chi connectivity index (χ2v) is 6.33. The van der Waals surface area contributed by atoms with Crippen LogP contribution in [0.5, 0.6) is 0 Å². The number of alkyl halides is 1. The Hall–Kier alpha value is -1.32. The van der Waals surface area contributed by atoms with E-state index in [0.717, 1.165) is 17.8 Å². The van der Waals surface area contributed by atoms with Crippen LogP contribution in [0.1, 0.15) is 29.2 Å². The zero-order valence-corrected chi connectivity index (χ0v) is 13.2. The van der Waals surface area contributed by atoms with Crippen LogP contribution in [0, 0.1) is 6.92 Å². The van der Waals surface area contributed by atoms with E-state index in [0.29, 0.717) is 11.9 Å². The minimum absolute atomic E-state index is 0.291. The molecule has 0 aliphatic heterocycles. The molecule has 2 nitrogen and oxygen atoms in total. The number of hydrogen-bond acceptors (Lipinski definition) is 2.